The van der Waals surface area contributed by atoms with Crippen LogP contribution in [0.2, 0.25) is 0 Å². The molecule has 1 amide bonds. The minimum atomic E-state index is -4.30. The Morgan fingerprint density at radius 2 is 1.63 bits per heavy atom. The molecular weight excluding hydrogens is 596 g/mol. The number of ketones is 1. The number of anilines is 1. The summed E-state index contributed by atoms with van der Waals surface area (Å²) in [6.45, 7) is 3.73. The number of fused-ring (bicyclic) bond motifs is 2. The van der Waals surface area contributed by atoms with Gasteiger partial charge < -0.3 is 15.2 Å². The van der Waals surface area contributed by atoms with Crippen LogP contribution < -0.4 is 5.32 Å². The van der Waals surface area contributed by atoms with E-state index in [0.717, 1.165) is 32.2 Å². The van der Waals surface area contributed by atoms with Crippen molar-refractivity contribution in [1.29, 1.82) is 0 Å². The van der Waals surface area contributed by atoms with Gasteiger partial charge in [-0.25, -0.2) is 4.98 Å². The molecular formula is C26H28N2O10S3. The van der Waals surface area contributed by atoms with E-state index >= 15 is 0 Å². The Morgan fingerprint density at radius 1 is 0.976 bits per heavy atom. The number of carbonyl (C=O) groups is 2. The Kier molecular flexibility index (Phi) is 10.3. The number of ether oxygens (including phenoxy) is 1. The first-order valence-corrected chi connectivity index (χ1v) is 15.9. The van der Waals surface area contributed by atoms with E-state index in [9.17, 15) is 31.5 Å². The van der Waals surface area contributed by atoms with E-state index in [-0.39, 0.29) is 18.3 Å². The molecule has 2 aromatic carbocycles. The first-order valence-electron chi connectivity index (χ1n) is 11.9. The molecule has 0 unspecified atom stereocenters. The number of carbonyl (C=O) groups excluding carboxylic acids is 2. The lowest BCUT2D eigenvalue weighted by molar-refractivity contribution is 0.101. The van der Waals surface area contributed by atoms with Gasteiger partial charge in [-0.05, 0) is 54.8 Å². The number of aromatic nitrogens is 1. The van der Waals surface area contributed by atoms with Gasteiger partial charge >= 0.3 is 0 Å². The van der Waals surface area contributed by atoms with Crippen molar-refractivity contribution in [1.82, 2.24) is 4.98 Å². The molecule has 0 aliphatic rings. The number of aliphatic hydroxyl groups excluding tert-OH is 1. The van der Waals surface area contributed by atoms with E-state index in [0.29, 0.717) is 28.4 Å². The Bertz CT molecular complexity index is 1800. The Balaban J connectivity index is 0.000000397. The fraction of sp³-hybridized carbons (Fsp3) is 0.269. The second-order valence-corrected chi connectivity index (χ2v) is 13.1. The summed E-state index contributed by atoms with van der Waals surface area (Å²) < 4.78 is 61.5. The van der Waals surface area contributed by atoms with Crippen molar-refractivity contribution in [3.05, 3.63) is 69.6 Å². The summed E-state index contributed by atoms with van der Waals surface area (Å²) in [4.78, 5) is 30.3. The van der Waals surface area contributed by atoms with E-state index in [4.69, 9.17) is 13.8 Å². The van der Waals surface area contributed by atoms with E-state index in [1.165, 1.54) is 18.3 Å². The molecule has 0 radical (unpaired) electrons. The maximum Gasteiger partial charge on any atom is 0.267 e. The zero-order chi connectivity index (χ0) is 30.5. The lowest BCUT2D eigenvalue weighted by Crippen LogP contribution is -2.15. The van der Waals surface area contributed by atoms with E-state index in [1.807, 2.05) is 37.3 Å². The van der Waals surface area contributed by atoms with Gasteiger partial charge in [0.25, 0.3) is 26.1 Å². The molecule has 4 rings (SSSR count). The molecule has 2 aromatic heterocycles. The quantitative estimate of drug-likeness (QED) is 0.157. The van der Waals surface area contributed by atoms with Crippen molar-refractivity contribution >= 4 is 70.1 Å². The SMILES string of the molecule is COCc1ccc(C(C)=O)c2sc(C(=O)Nc3ccc4c(CO)cccc4n3)c(C)c12.O=S(=O)(O)CCS(=O)(=O)O. The maximum absolute atomic E-state index is 13.1. The number of amides is 1. The standard InChI is InChI=1S/C24H22N2O4S.C2H6O6S2/c1-13-21-16(12-30-3)7-8-17(14(2)28)23(21)31-22(13)24(29)26-20-10-9-18-15(11-27)5-4-6-19(18)25-20;3-9(4,5)1-2-10(6,7)8/h4-10,27H,11-12H2,1-3H3,(H,25,26,29);1-2H2,(H,3,4,5)(H,6,7,8). The molecule has 0 aliphatic heterocycles. The number of aliphatic hydroxyl groups is 1. The van der Waals surface area contributed by atoms with E-state index in [1.54, 1.807) is 19.2 Å². The van der Waals surface area contributed by atoms with Crippen LogP contribution in [0.4, 0.5) is 5.82 Å². The van der Waals surface area contributed by atoms with Gasteiger partial charge in [0.1, 0.15) is 5.82 Å². The van der Waals surface area contributed by atoms with Gasteiger partial charge in [0.2, 0.25) is 0 Å². The largest absolute Gasteiger partial charge is 0.392 e. The molecule has 0 spiro atoms. The normalized spacial score (nSPS) is 11.8. The zero-order valence-corrected chi connectivity index (χ0v) is 24.7. The van der Waals surface area contributed by atoms with Crippen LogP contribution in [0, 0.1) is 6.92 Å². The van der Waals surface area contributed by atoms with Crippen molar-refractivity contribution in [3.63, 3.8) is 0 Å². The maximum atomic E-state index is 13.1. The Hall–Kier alpha value is -3.31. The summed E-state index contributed by atoms with van der Waals surface area (Å²) in [7, 11) is -6.97. The van der Waals surface area contributed by atoms with Crippen LogP contribution in [0.25, 0.3) is 21.0 Å². The summed E-state index contributed by atoms with van der Waals surface area (Å²) in [5.41, 5.74) is 3.83. The molecule has 4 aromatic rings. The Labute approximate surface area is 240 Å². The summed E-state index contributed by atoms with van der Waals surface area (Å²) in [5.74, 6) is -1.86. The number of rotatable bonds is 9. The van der Waals surface area contributed by atoms with Crippen LogP contribution in [0.3, 0.4) is 0 Å². The lowest BCUT2D eigenvalue weighted by atomic mass is 10.0. The number of hydrogen-bond donors (Lipinski definition) is 4. The lowest BCUT2D eigenvalue weighted by Gasteiger charge is -2.08. The van der Waals surface area contributed by atoms with Gasteiger partial charge in [0, 0.05) is 28.1 Å². The van der Waals surface area contributed by atoms with Gasteiger partial charge in [0.15, 0.2) is 5.78 Å². The number of nitrogens with one attached hydrogen (secondary N) is 1. The summed E-state index contributed by atoms with van der Waals surface area (Å²) in [5, 5.41) is 14.1. The third kappa shape index (κ3) is 8.36. The molecule has 2 heterocycles. The number of hydrogen-bond acceptors (Lipinski definition) is 10. The number of nitrogens with zero attached hydrogens (tertiary/aromatic N) is 1. The van der Waals surface area contributed by atoms with Crippen LogP contribution in [0.5, 0.6) is 0 Å². The topological polar surface area (TPSA) is 197 Å². The van der Waals surface area contributed by atoms with E-state index < -0.39 is 31.7 Å². The predicted molar refractivity (Wildman–Crippen MR) is 156 cm³/mol. The molecule has 15 heteroatoms. The molecule has 0 saturated heterocycles. The van der Waals surface area contributed by atoms with Crippen LogP contribution in [-0.4, -0.2) is 66.3 Å². The minimum absolute atomic E-state index is 0.0435. The third-order valence-electron chi connectivity index (χ3n) is 5.88. The summed E-state index contributed by atoms with van der Waals surface area (Å²) in [6, 6.07) is 12.7. The van der Waals surface area contributed by atoms with Gasteiger partial charge in [-0.15, -0.1) is 11.3 Å². The predicted octanol–water partition coefficient (Wildman–Crippen LogP) is 3.61. The highest BCUT2D eigenvalue weighted by Gasteiger charge is 2.21. The summed E-state index contributed by atoms with van der Waals surface area (Å²) in [6.07, 6.45) is 0. The fourth-order valence-electron chi connectivity index (χ4n) is 4.01. The number of thiophene rings is 1. The zero-order valence-electron chi connectivity index (χ0n) is 22.2. The van der Waals surface area contributed by atoms with E-state index in [2.05, 4.69) is 10.3 Å². The van der Waals surface area contributed by atoms with Crippen molar-refractivity contribution in [2.24, 2.45) is 0 Å². The first kappa shape index (κ1) is 32.2. The highest BCUT2D eigenvalue weighted by atomic mass is 32.2. The minimum Gasteiger partial charge on any atom is -0.392 e. The van der Waals surface area contributed by atoms with Gasteiger partial charge in [-0.2, -0.15) is 16.8 Å². The van der Waals surface area contributed by atoms with Gasteiger partial charge in [-0.3, -0.25) is 18.7 Å². The second kappa shape index (κ2) is 13.1. The first-order chi connectivity index (χ1) is 19.1. The molecule has 220 valence electrons. The molecule has 0 fully saturated rings. The molecule has 0 atom stereocenters. The molecule has 0 bridgehead atoms. The molecule has 4 N–H and O–H groups in total. The second-order valence-electron chi connectivity index (χ2n) is 8.89. The van der Waals surface area contributed by atoms with Crippen LogP contribution in [0.15, 0.2) is 42.5 Å². The van der Waals surface area contributed by atoms with Gasteiger partial charge in [-0.1, -0.05) is 18.2 Å². The van der Waals surface area contributed by atoms with Crippen molar-refractivity contribution < 1.29 is 45.4 Å². The molecule has 12 nitrogen and oxygen atoms in total. The average Bonchev–Trinajstić information content (AvgIpc) is 3.24. The summed E-state index contributed by atoms with van der Waals surface area (Å²) >= 11 is 1.31. The molecule has 0 saturated carbocycles. The molecule has 41 heavy (non-hydrogen) atoms. The number of benzene rings is 2. The number of methoxy groups -OCH3 is 1. The van der Waals surface area contributed by atoms with Gasteiger partial charge in [0.05, 0.1) is 35.1 Å². The average molecular weight is 625 g/mol. The van der Waals surface area contributed by atoms with Crippen LogP contribution in [-0.2, 0) is 38.2 Å². The number of pyridine rings is 1. The van der Waals surface area contributed by atoms with Crippen LogP contribution in [0.1, 0.15) is 43.6 Å². The highest BCUT2D eigenvalue weighted by Crippen LogP contribution is 2.37. The molecule has 0 aliphatic carbocycles. The Morgan fingerprint density at radius 3 is 2.20 bits per heavy atom. The third-order valence-corrected chi connectivity index (χ3v) is 8.90. The van der Waals surface area contributed by atoms with Crippen molar-refractivity contribution in [3.8, 4) is 0 Å². The number of Topliss-reactive ketones (excluding diaryl/α,β-unsaturated/α-hetero) is 1. The fourth-order valence-corrected chi connectivity index (χ4v) is 7.01. The van der Waals surface area contributed by atoms with Crippen LogP contribution >= 0.6 is 11.3 Å². The van der Waals surface area contributed by atoms with Crippen molar-refractivity contribution in [2.45, 2.75) is 27.1 Å². The smallest absolute Gasteiger partial charge is 0.267 e. The van der Waals surface area contributed by atoms with Crippen molar-refractivity contribution in [2.75, 3.05) is 23.9 Å². The highest BCUT2D eigenvalue weighted by molar-refractivity contribution is 7.89. The monoisotopic (exact) mass is 624 g/mol. The number of aryl methyl sites for hydroxylation is 1.